The summed E-state index contributed by atoms with van der Waals surface area (Å²) in [5.74, 6) is 5.28. The van der Waals surface area contributed by atoms with Gasteiger partial charge >= 0.3 is 0 Å². The maximum Gasteiger partial charge on any atom is 0.260 e. The third-order valence-electron chi connectivity index (χ3n) is 3.40. The fraction of sp³-hybridized carbons (Fsp3) is 0.188. The third kappa shape index (κ3) is 3.35. The van der Waals surface area contributed by atoms with E-state index in [0.29, 0.717) is 16.3 Å². The Bertz CT molecular complexity index is 640. The van der Waals surface area contributed by atoms with Gasteiger partial charge in [-0.3, -0.25) is 10.6 Å². The van der Waals surface area contributed by atoms with Crippen molar-refractivity contribution in [1.82, 2.24) is 0 Å². The Kier molecular flexibility index (Phi) is 4.83. The van der Waals surface area contributed by atoms with Crippen molar-refractivity contribution < 1.29 is 4.79 Å². The van der Waals surface area contributed by atoms with Crippen molar-refractivity contribution in [3.8, 4) is 0 Å². The lowest BCUT2D eigenvalue weighted by Crippen LogP contribution is -2.27. The SMILES string of the molecule is CCc1ccc(N(C)C(=O)c2cc(Cl)ccc2NN)cc1. The van der Waals surface area contributed by atoms with Gasteiger partial charge in [-0.25, -0.2) is 0 Å². The average molecular weight is 304 g/mol. The Hall–Kier alpha value is -2.04. The zero-order chi connectivity index (χ0) is 15.4. The van der Waals surface area contributed by atoms with Crippen LogP contribution in [0.5, 0.6) is 0 Å². The quantitative estimate of drug-likeness (QED) is 0.672. The van der Waals surface area contributed by atoms with Gasteiger partial charge in [0.2, 0.25) is 0 Å². The van der Waals surface area contributed by atoms with E-state index >= 15 is 0 Å². The highest BCUT2D eigenvalue weighted by atomic mass is 35.5. The predicted molar refractivity (Wildman–Crippen MR) is 87.8 cm³/mol. The number of hydrogen-bond donors (Lipinski definition) is 2. The minimum atomic E-state index is -0.172. The molecule has 0 aliphatic rings. The van der Waals surface area contributed by atoms with E-state index in [9.17, 15) is 4.79 Å². The lowest BCUT2D eigenvalue weighted by atomic mass is 10.1. The molecule has 0 radical (unpaired) electrons. The largest absolute Gasteiger partial charge is 0.323 e. The number of amides is 1. The minimum absolute atomic E-state index is 0.172. The molecule has 21 heavy (non-hydrogen) atoms. The van der Waals surface area contributed by atoms with Crippen molar-refractivity contribution in [2.24, 2.45) is 5.84 Å². The number of benzene rings is 2. The predicted octanol–water partition coefficient (Wildman–Crippen LogP) is 3.46. The van der Waals surface area contributed by atoms with Crippen LogP contribution in [0, 0.1) is 0 Å². The number of rotatable bonds is 4. The first-order chi connectivity index (χ1) is 10.1. The van der Waals surface area contributed by atoms with Gasteiger partial charge in [0.05, 0.1) is 11.3 Å². The summed E-state index contributed by atoms with van der Waals surface area (Å²) < 4.78 is 0. The van der Waals surface area contributed by atoms with Crippen LogP contribution in [0.15, 0.2) is 42.5 Å². The Labute approximate surface area is 129 Å². The zero-order valence-corrected chi connectivity index (χ0v) is 12.8. The summed E-state index contributed by atoms with van der Waals surface area (Å²) in [5.41, 5.74) is 5.55. The van der Waals surface area contributed by atoms with Gasteiger partial charge in [0.25, 0.3) is 5.91 Å². The molecule has 2 aromatic rings. The number of nitrogens with two attached hydrogens (primary N) is 1. The monoisotopic (exact) mass is 303 g/mol. The van der Waals surface area contributed by atoms with Gasteiger partial charge in [0.1, 0.15) is 0 Å². The number of carbonyl (C=O) groups excluding carboxylic acids is 1. The molecule has 0 atom stereocenters. The highest BCUT2D eigenvalue weighted by Crippen LogP contribution is 2.24. The second-order valence-electron chi connectivity index (χ2n) is 4.72. The number of anilines is 2. The zero-order valence-electron chi connectivity index (χ0n) is 12.1. The van der Waals surface area contributed by atoms with Gasteiger partial charge in [-0.15, -0.1) is 0 Å². The molecule has 0 heterocycles. The van der Waals surface area contributed by atoms with Gasteiger partial charge in [-0.1, -0.05) is 30.7 Å². The first kappa shape index (κ1) is 15.4. The van der Waals surface area contributed by atoms with Crippen LogP contribution in [0.2, 0.25) is 5.02 Å². The molecule has 0 aliphatic carbocycles. The van der Waals surface area contributed by atoms with Crippen LogP contribution < -0.4 is 16.2 Å². The van der Waals surface area contributed by atoms with E-state index in [0.717, 1.165) is 12.1 Å². The topological polar surface area (TPSA) is 58.4 Å². The molecule has 2 rings (SSSR count). The molecule has 3 N–H and O–H groups in total. The normalized spacial score (nSPS) is 10.3. The second kappa shape index (κ2) is 6.61. The minimum Gasteiger partial charge on any atom is -0.323 e. The van der Waals surface area contributed by atoms with Gasteiger partial charge in [0, 0.05) is 17.8 Å². The number of hydrazine groups is 1. The number of aryl methyl sites for hydroxylation is 1. The van der Waals surface area contributed by atoms with Crippen molar-refractivity contribution in [1.29, 1.82) is 0 Å². The summed E-state index contributed by atoms with van der Waals surface area (Å²) in [7, 11) is 1.73. The van der Waals surface area contributed by atoms with Crippen molar-refractivity contribution >= 4 is 28.9 Å². The Morgan fingerprint density at radius 2 is 1.90 bits per heavy atom. The number of nitrogens with one attached hydrogen (secondary N) is 1. The maximum absolute atomic E-state index is 12.6. The van der Waals surface area contributed by atoms with Gasteiger partial charge < -0.3 is 10.3 Å². The number of halogens is 1. The molecule has 0 saturated carbocycles. The van der Waals surface area contributed by atoms with Crippen LogP contribution in [0.1, 0.15) is 22.8 Å². The van der Waals surface area contributed by atoms with Crippen molar-refractivity contribution in [2.45, 2.75) is 13.3 Å². The first-order valence-electron chi connectivity index (χ1n) is 6.70. The van der Waals surface area contributed by atoms with E-state index in [4.69, 9.17) is 17.4 Å². The molecule has 1 amide bonds. The number of nitrogen functional groups attached to an aromatic ring is 1. The fourth-order valence-corrected chi connectivity index (χ4v) is 2.24. The van der Waals surface area contributed by atoms with Gasteiger partial charge in [-0.05, 0) is 42.3 Å². The molecule has 4 nitrogen and oxygen atoms in total. The lowest BCUT2D eigenvalue weighted by molar-refractivity contribution is 0.0993. The molecule has 0 spiro atoms. The molecule has 0 unspecified atom stereocenters. The Balaban J connectivity index is 2.32. The maximum atomic E-state index is 12.6. The number of nitrogens with zero attached hydrogens (tertiary/aromatic N) is 1. The third-order valence-corrected chi connectivity index (χ3v) is 3.64. The smallest absolute Gasteiger partial charge is 0.260 e. The number of carbonyl (C=O) groups is 1. The molecule has 0 fully saturated rings. The Morgan fingerprint density at radius 1 is 1.24 bits per heavy atom. The van der Waals surface area contributed by atoms with E-state index in [1.807, 2.05) is 24.3 Å². The van der Waals surface area contributed by atoms with Crippen LogP contribution >= 0.6 is 11.6 Å². The van der Waals surface area contributed by atoms with Crippen LogP contribution in [-0.4, -0.2) is 13.0 Å². The van der Waals surface area contributed by atoms with E-state index in [2.05, 4.69) is 12.3 Å². The Morgan fingerprint density at radius 3 is 2.48 bits per heavy atom. The van der Waals surface area contributed by atoms with Crippen molar-refractivity contribution in [3.63, 3.8) is 0 Å². The summed E-state index contributed by atoms with van der Waals surface area (Å²) in [6.45, 7) is 2.09. The van der Waals surface area contributed by atoms with Crippen molar-refractivity contribution in [2.75, 3.05) is 17.4 Å². The van der Waals surface area contributed by atoms with E-state index in [1.54, 1.807) is 30.1 Å². The highest BCUT2D eigenvalue weighted by Gasteiger charge is 2.17. The summed E-state index contributed by atoms with van der Waals surface area (Å²) >= 11 is 5.97. The van der Waals surface area contributed by atoms with E-state index in [-0.39, 0.29) is 5.91 Å². The first-order valence-corrected chi connectivity index (χ1v) is 7.07. The van der Waals surface area contributed by atoms with Crippen molar-refractivity contribution in [3.05, 3.63) is 58.6 Å². The molecule has 0 bridgehead atoms. The van der Waals surface area contributed by atoms with E-state index in [1.165, 1.54) is 5.56 Å². The van der Waals surface area contributed by atoms with E-state index < -0.39 is 0 Å². The highest BCUT2D eigenvalue weighted by molar-refractivity contribution is 6.31. The number of hydrogen-bond acceptors (Lipinski definition) is 3. The summed E-state index contributed by atoms with van der Waals surface area (Å²) in [6, 6.07) is 12.9. The van der Waals surface area contributed by atoms with Crippen LogP contribution in [0.3, 0.4) is 0 Å². The molecule has 110 valence electrons. The second-order valence-corrected chi connectivity index (χ2v) is 5.15. The van der Waals surface area contributed by atoms with Gasteiger partial charge in [-0.2, -0.15) is 0 Å². The molecule has 0 aliphatic heterocycles. The molecule has 0 aromatic heterocycles. The molecule has 2 aromatic carbocycles. The molecule has 0 saturated heterocycles. The average Bonchev–Trinajstić information content (AvgIpc) is 2.53. The van der Waals surface area contributed by atoms with Gasteiger partial charge in [0.15, 0.2) is 0 Å². The van der Waals surface area contributed by atoms with Crippen LogP contribution in [0.25, 0.3) is 0 Å². The summed E-state index contributed by atoms with van der Waals surface area (Å²) in [5, 5.41) is 0.493. The summed E-state index contributed by atoms with van der Waals surface area (Å²) in [6.07, 6.45) is 0.966. The van der Waals surface area contributed by atoms with Crippen LogP contribution in [-0.2, 0) is 6.42 Å². The lowest BCUT2D eigenvalue weighted by Gasteiger charge is -2.19. The fourth-order valence-electron chi connectivity index (χ4n) is 2.07. The van der Waals surface area contributed by atoms with Crippen LogP contribution in [0.4, 0.5) is 11.4 Å². The molecular formula is C16H18ClN3O. The standard InChI is InChI=1S/C16H18ClN3O/c1-3-11-4-7-13(8-5-11)20(2)16(21)14-10-12(17)6-9-15(14)19-18/h4-10,19H,3,18H2,1-2H3. The molecular weight excluding hydrogens is 286 g/mol. The summed E-state index contributed by atoms with van der Waals surface area (Å²) in [4.78, 5) is 14.2. The molecule has 5 heteroatoms.